The number of rotatable bonds is 4. The van der Waals surface area contributed by atoms with Crippen molar-refractivity contribution < 1.29 is 24.2 Å². The van der Waals surface area contributed by atoms with E-state index >= 15 is 0 Å². The molecule has 1 aliphatic heterocycles. The molecule has 5 nitrogen and oxygen atoms in total. The normalized spacial score (nSPS) is 22.5. The van der Waals surface area contributed by atoms with E-state index in [9.17, 15) is 14.7 Å². The lowest BCUT2D eigenvalue weighted by atomic mass is 9.96. The summed E-state index contributed by atoms with van der Waals surface area (Å²) >= 11 is 5.84. The second kappa shape index (κ2) is 6.95. The van der Waals surface area contributed by atoms with Crippen molar-refractivity contribution >= 4 is 29.6 Å². The zero-order valence-electron chi connectivity index (χ0n) is 14.0. The average Bonchev–Trinajstić information content (AvgIpc) is 2.83. The van der Waals surface area contributed by atoms with Crippen LogP contribution in [0.25, 0.3) is 6.08 Å². The number of cyclic esters (lactones) is 1. The van der Waals surface area contributed by atoms with Gasteiger partial charge < -0.3 is 14.6 Å². The van der Waals surface area contributed by atoms with Gasteiger partial charge in [0, 0.05) is 17.0 Å². The van der Waals surface area contributed by atoms with Crippen LogP contribution in [0, 0.1) is 5.41 Å². The van der Waals surface area contributed by atoms with Gasteiger partial charge in [-0.25, -0.2) is 4.79 Å². The first-order valence-corrected chi connectivity index (χ1v) is 8.01. The summed E-state index contributed by atoms with van der Waals surface area (Å²) in [6, 6.07) is 7.00. The fourth-order valence-corrected chi connectivity index (χ4v) is 2.34. The van der Waals surface area contributed by atoms with Gasteiger partial charge in [0.2, 0.25) is 0 Å². The van der Waals surface area contributed by atoms with Crippen LogP contribution in [0.3, 0.4) is 0 Å². The van der Waals surface area contributed by atoms with Crippen LogP contribution < -0.4 is 0 Å². The first-order valence-electron chi connectivity index (χ1n) is 7.63. The van der Waals surface area contributed by atoms with E-state index in [0.29, 0.717) is 10.6 Å². The first-order chi connectivity index (χ1) is 11.1. The largest absolute Gasteiger partial charge is 0.461 e. The summed E-state index contributed by atoms with van der Waals surface area (Å²) in [4.78, 5) is 24.0. The number of halogens is 1. The van der Waals surface area contributed by atoms with Crippen LogP contribution in [0.15, 0.2) is 29.8 Å². The Kier molecular flexibility index (Phi) is 5.35. The number of ether oxygens (including phenoxy) is 2. The van der Waals surface area contributed by atoms with Gasteiger partial charge in [0.1, 0.15) is 6.61 Å². The molecule has 0 radical (unpaired) electrons. The Bertz CT molecular complexity index is 657. The van der Waals surface area contributed by atoms with E-state index in [-0.39, 0.29) is 13.0 Å². The van der Waals surface area contributed by atoms with E-state index in [2.05, 4.69) is 0 Å². The maximum Gasteiger partial charge on any atom is 0.334 e. The molecule has 2 rings (SSSR count). The molecule has 1 aromatic rings. The Morgan fingerprint density at radius 3 is 2.54 bits per heavy atom. The maximum absolute atomic E-state index is 12.1. The summed E-state index contributed by atoms with van der Waals surface area (Å²) in [6.07, 6.45) is 1.85. The van der Waals surface area contributed by atoms with Crippen LogP contribution in [0.5, 0.6) is 0 Å². The number of aliphatic hydroxyl groups excluding tert-OH is 1. The number of aliphatic hydroxyl groups is 1. The fourth-order valence-electron chi connectivity index (χ4n) is 2.22. The molecule has 0 aromatic heterocycles. The van der Waals surface area contributed by atoms with Gasteiger partial charge in [0.05, 0.1) is 12.0 Å². The third kappa shape index (κ3) is 4.36. The van der Waals surface area contributed by atoms with Crippen molar-refractivity contribution in [3.8, 4) is 0 Å². The lowest BCUT2D eigenvalue weighted by Crippen LogP contribution is -2.40. The highest BCUT2D eigenvalue weighted by molar-refractivity contribution is 6.30. The minimum atomic E-state index is -1.23. The van der Waals surface area contributed by atoms with Crippen LogP contribution in [0.2, 0.25) is 5.02 Å². The highest BCUT2D eigenvalue weighted by Crippen LogP contribution is 2.33. The molecule has 1 N–H and O–H groups in total. The molecular formula is C18H21ClO5. The van der Waals surface area contributed by atoms with Crippen molar-refractivity contribution in [2.45, 2.75) is 32.8 Å². The average molecular weight is 353 g/mol. The molecule has 1 heterocycles. The van der Waals surface area contributed by atoms with Crippen molar-refractivity contribution in [3.05, 3.63) is 40.4 Å². The number of carbonyl (C=O) groups is 2. The molecule has 1 aliphatic rings. The number of benzene rings is 1. The molecule has 1 saturated heterocycles. The number of carbonyl (C=O) groups excluding carboxylic acids is 2. The third-order valence-electron chi connectivity index (χ3n) is 3.66. The second-order valence-corrected chi connectivity index (χ2v) is 7.39. The third-order valence-corrected chi connectivity index (χ3v) is 3.91. The molecule has 130 valence electrons. The van der Waals surface area contributed by atoms with Crippen LogP contribution in [-0.4, -0.2) is 35.9 Å². The number of esters is 2. The predicted octanol–water partition coefficient (Wildman–Crippen LogP) is 2.99. The van der Waals surface area contributed by atoms with E-state index in [4.69, 9.17) is 21.1 Å². The molecule has 6 heteroatoms. The van der Waals surface area contributed by atoms with E-state index in [1.54, 1.807) is 51.1 Å². The molecule has 1 aromatic carbocycles. The predicted molar refractivity (Wildman–Crippen MR) is 90.4 cm³/mol. The van der Waals surface area contributed by atoms with Gasteiger partial charge in [-0.1, -0.05) is 23.7 Å². The molecule has 24 heavy (non-hydrogen) atoms. The van der Waals surface area contributed by atoms with Crippen LogP contribution >= 0.6 is 11.6 Å². The molecule has 0 spiro atoms. The van der Waals surface area contributed by atoms with E-state index in [0.717, 1.165) is 5.56 Å². The Morgan fingerprint density at radius 2 is 2.00 bits per heavy atom. The van der Waals surface area contributed by atoms with Crippen LogP contribution in [0.1, 0.15) is 32.8 Å². The van der Waals surface area contributed by atoms with Crippen LogP contribution in [0.4, 0.5) is 0 Å². The van der Waals surface area contributed by atoms with Crippen molar-refractivity contribution in [2.75, 3.05) is 13.2 Å². The molecular weight excluding hydrogens is 332 g/mol. The Balaban J connectivity index is 2.12. The van der Waals surface area contributed by atoms with Crippen LogP contribution in [-0.2, 0) is 19.1 Å². The highest BCUT2D eigenvalue weighted by Gasteiger charge is 2.45. The molecule has 0 bridgehead atoms. The Morgan fingerprint density at radius 1 is 1.38 bits per heavy atom. The Hall–Kier alpha value is -1.85. The van der Waals surface area contributed by atoms with Crippen molar-refractivity contribution in [2.24, 2.45) is 5.41 Å². The number of hydrogen-bond acceptors (Lipinski definition) is 5. The minimum Gasteiger partial charge on any atom is -0.461 e. The molecule has 1 unspecified atom stereocenters. The fraction of sp³-hybridized carbons (Fsp3) is 0.444. The lowest BCUT2D eigenvalue weighted by molar-refractivity contribution is -0.171. The molecule has 1 atom stereocenters. The van der Waals surface area contributed by atoms with E-state index in [1.807, 2.05) is 0 Å². The first kappa shape index (κ1) is 18.5. The Labute approximate surface area is 146 Å². The highest BCUT2D eigenvalue weighted by atomic mass is 35.5. The van der Waals surface area contributed by atoms with Gasteiger partial charge in [0.25, 0.3) is 0 Å². The van der Waals surface area contributed by atoms with Gasteiger partial charge >= 0.3 is 11.9 Å². The summed E-state index contributed by atoms with van der Waals surface area (Å²) < 4.78 is 10.5. The SMILES string of the molecule is CC(C)(C)C(=O)OCC1(CO)C/C(=C\c2ccc(Cl)cc2)C(=O)O1. The minimum absolute atomic E-state index is 0.169. The maximum atomic E-state index is 12.1. The molecule has 0 saturated carbocycles. The summed E-state index contributed by atoms with van der Waals surface area (Å²) in [5, 5.41) is 10.3. The van der Waals surface area contributed by atoms with Gasteiger partial charge in [-0.2, -0.15) is 0 Å². The number of hydrogen-bond donors (Lipinski definition) is 1. The topological polar surface area (TPSA) is 72.8 Å². The zero-order valence-corrected chi connectivity index (χ0v) is 14.7. The van der Waals surface area contributed by atoms with Crippen molar-refractivity contribution in [3.63, 3.8) is 0 Å². The standard InChI is InChI=1S/C18H21ClO5/c1-17(2,3)16(22)23-11-18(10-20)9-13(15(21)24-18)8-12-4-6-14(19)7-5-12/h4-8,20H,9-11H2,1-3H3/b13-8+. The zero-order chi connectivity index (χ0) is 18.0. The summed E-state index contributed by atoms with van der Waals surface area (Å²) in [5.74, 6) is -0.938. The van der Waals surface area contributed by atoms with Gasteiger partial charge in [-0.15, -0.1) is 0 Å². The van der Waals surface area contributed by atoms with E-state index < -0.39 is 29.6 Å². The molecule has 0 amide bonds. The molecule has 1 fully saturated rings. The quantitative estimate of drug-likeness (QED) is 0.666. The summed E-state index contributed by atoms with van der Waals surface area (Å²) in [7, 11) is 0. The second-order valence-electron chi connectivity index (χ2n) is 6.95. The van der Waals surface area contributed by atoms with Gasteiger partial charge in [0.15, 0.2) is 5.60 Å². The van der Waals surface area contributed by atoms with E-state index in [1.165, 1.54) is 0 Å². The monoisotopic (exact) mass is 352 g/mol. The van der Waals surface area contributed by atoms with Crippen molar-refractivity contribution in [1.82, 2.24) is 0 Å². The van der Waals surface area contributed by atoms with Gasteiger partial charge in [-0.3, -0.25) is 4.79 Å². The molecule has 0 aliphatic carbocycles. The van der Waals surface area contributed by atoms with Crippen molar-refractivity contribution in [1.29, 1.82) is 0 Å². The van der Waals surface area contributed by atoms with Gasteiger partial charge in [-0.05, 0) is 44.5 Å². The summed E-state index contributed by atoms with van der Waals surface area (Å²) in [5.41, 5.74) is -0.678. The summed E-state index contributed by atoms with van der Waals surface area (Å²) in [6.45, 7) is 4.59. The lowest BCUT2D eigenvalue weighted by Gasteiger charge is -2.26. The smallest absolute Gasteiger partial charge is 0.334 e.